The summed E-state index contributed by atoms with van der Waals surface area (Å²) >= 11 is 6.10. The number of halogens is 1. The van der Waals surface area contributed by atoms with Gasteiger partial charge >= 0.3 is 0 Å². The van der Waals surface area contributed by atoms with Gasteiger partial charge in [-0.1, -0.05) is 19.4 Å². The third kappa shape index (κ3) is 2.00. The summed E-state index contributed by atoms with van der Waals surface area (Å²) in [5, 5.41) is 0. The summed E-state index contributed by atoms with van der Waals surface area (Å²) in [6.45, 7) is 2.32. The molecule has 19 heavy (non-hydrogen) atoms. The Bertz CT molecular complexity index is 593. The highest BCUT2D eigenvalue weighted by atomic mass is 35.5. The Morgan fingerprint density at radius 2 is 2.26 bits per heavy atom. The molecule has 0 N–H and O–H groups in total. The van der Waals surface area contributed by atoms with E-state index < -0.39 is 0 Å². The van der Waals surface area contributed by atoms with E-state index >= 15 is 0 Å². The van der Waals surface area contributed by atoms with Gasteiger partial charge in [-0.25, -0.2) is 4.98 Å². The second kappa shape index (κ2) is 5.04. The number of aromatic nitrogens is 2. The number of ether oxygens (including phenoxy) is 1. The molecule has 0 bridgehead atoms. The molecule has 1 aromatic heterocycles. The summed E-state index contributed by atoms with van der Waals surface area (Å²) < 4.78 is 7.75. The van der Waals surface area contributed by atoms with Crippen LogP contribution in [0.25, 0.3) is 11.0 Å². The highest BCUT2D eigenvalue weighted by Crippen LogP contribution is 2.39. The maximum absolute atomic E-state index is 6.10. The van der Waals surface area contributed by atoms with E-state index in [1.807, 2.05) is 12.1 Å². The van der Waals surface area contributed by atoms with E-state index in [1.165, 1.54) is 19.3 Å². The molecule has 1 fully saturated rings. The van der Waals surface area contributed by atoms with Crippen LogP contribution in [0.4, 0.5) is 0 Å². The Kier molecular flexibility index (Phi) is 3.40. The van der Waals surface area contributed by atoms with Gasteiger partial charge in [0.25, 0.3) is 0 Å². The van der Waals surface area contributed by atoms with E-state index in [0.29, 0.717) is 17.8 Å². The summed E-state index contributed by atoms with van der Waals surface area (Å²) in [6, 6.07) is 6.62. The van der Waals surface area contributed by atoms with Crippen molar-refractivity contribution in [1.82, 2.24) is 9.55 Å². The number of imidazole rings is 1. The first-order valence-electron chi connectivity index (χ1n) is 6.86. The maximum Gasteiger partial charge on any atom is 0.146 e. The minimum Gasteiger partial charge on any atom is -0.494 e. The van der Waals surface area contributed by atoms with Crippen LogP contribution in [-0.2, 0) is 5.88 Å². The predicted octanol–water partition coefficient (Wildman–Crippen LogP) is 4.14. The Labute approximate surface area is 118 Å². The number of alkyl halides is 1. The zero-order valence-electron chi connectivity index (χ0n) is 11.4. The van der Waals surface area contributed by atoms with E-state index in [9.17, 15) is 0 Å². The highest BCUT2D eigenvalue weighted by Gasteiger charge is 2.28. The normalized spacial score (nSPS) is 23.1. The van der Waals surface area contributed by atoms with Crippen LogP contribution < -0.4 is 4.74 Å². The summed E-state index contributed by atoms with van der Waals surface area (Å²) in [7, 11) is 1.69. The molecule has 0 spiro atoms. The Balaban J connectivity index is 2.21. The Hall–Kier alpha value is -1.22. The van der Waals surface area contributed by atoms with Crippen molar-refractivity contribution in [2.75, 3.05) is 7.11 Å². The molecule has 2 atom stereocenters. The van der Waals surface area contributed by atoms with Crippen molar-refractivity contribution >= 4 is 22.6 Å². The SMILES string of the molecule is COc1cccc2c1nc(CCl)n2C1CCCC1C. The molecule has 0 amide bonds. The zero-order chi connectivity index (χ0) is 13.4. The van der Waals surface area contributed by atoms with Crippen LogP contribution in [0.2, 0.25) is 0 Å². The minimum absolute atomic E-state index is 0.445. The molecule has 102 valence electrons. The Morgan fingerprint density at radius 3 is 2.89 bits per heavy atom. The quantitative estimate of drug-likeness (QED) is 0.789. The van der Waals surface area contributed by atoms with Crippen LogP contribution >= 0.6 is 11.6 Å². The lowest BCUT2D eigenvalue weighted by Crippen LogP contribution is -2.14. The van der Waals surface area contributed by atoms with Gasteiger partial charge in [0.15, 0.2) is 0 Å². The van der Waals surface area contributed by atoms with Gasteiger partial charge in [0.1, 0.15) is 17.1 Å². The zero-order valence-corrected chi connectivity index (χ0v) is 12.2. The van der Waals surface area contributed by atoms with Crippen molar-refractivity contribution in [2.24, 2.45) is 5.92 Å². The first-order valence-corrected chi connectivity index (χ1v) is 7.39. The number of benzene rings is 1. The molecule has 4 heteroatoms. The second-order valence-corrected chi connectivity index (χ2v) is 5.60. The molecule has 3 nitrogen and oxygen atoms in total. The van der Waals surface area contributed by atoms with Crippen LogP contribution in [0, 0.1) is 5.92 Å². The number of nitrogens with zero attached hydrogens (tertiary/aromatic N) is 2. The number of hydrogen-bond donors (Lipinski definition) is 0. The number of rotatable bonds is 3. The fraction of sp³-hybridized carbons (Fsp3) is 0.533. The van der Waals surface area contributed by atoms with Gasteiger partial charge in [-0.3, -0.25) is 0 Å². The first kappa shape index (κ1) is 12.8. The summed E-state index contributed by atoms with van der Waals surface area (Å²) in [4.78, 5) is 4.69. The average Bonchev–Trinajstić information content (AvgIpc) is 3.00. The van der Waals surface area contributed by atoms with Crippen molar-refractivity contribution in [3.8, 4) is 5.75 Å². The molecule has 1 aliphatic rings. The van der Waals surface area contributed by atoms with Crippen molar-refractivity contribution in [2.45, 2.75) is 38.1 Å². The molecule has 3 rings (SSSR count). The lowest BCUT2D eigenvalue weighted by Gasteiger charge is -2.20. The maximum atomic E-state index is 6.10. The molecule has 1 aromatic carbocycles. The lowest BCUT2D eigenvalue weighted by atomic mass is 10.1. The van der Waals surface area contributed by atoms with Gasteiger partial charge in [-0.2, -0.15) is 0 Å². The first-order chi connectivity index (χ1) is 9.26. The van der Waals surface area contributed by atoms with Crippen LogP contribution in [0.5, 0.6) is 5.75 Å². The van der Waals surface area contributed by atoms with Gasteiger partial charge in [-0.15, -0.1) is 11.6 Å². The number of fused-ring (bicyclic) bond motifs is 1. The molecule has 1 aliphatic carbocycles. The second-order valence-electron chi connectivity index (χ2n) is 5.34. The van der Waals surface area contributed by atoms with Crippen LogP contribution in [0.1, 0.15) is 38.1 Å². The van der Waals surface area contributed by atoms with Gasteiger partial charge in [-0.05, 0) is 30.9 Å². The van der Waals surface area contributed by atoms with E-state index in [4.69, 9.17) is 16.3 Å². The molecule has 1 heterocycles. The number of methoxy groups -OCH3 is 1. The van der Waals surface area contributed by atoms with Crippen molar-refractivity contribution < 1.29 is 4.74 Å². The van der Waals surface area contributed by atoms with Crippen molar-refractivity contribution in [1.29, 1.82) is 0 Å². The predicted molar refractivity (Wildman–Crippen MR) is 77.9 cm³/mol. The monoisotopic (exact) mass is 278 g/mol. The fourth-order valence-electron chi connectivity index (χ4n) is 3.28. The van der Waals surface area contributed by atoms with E-state index in [-0.39, 0.29) is 0 Å². The molecule has 2 unspecified atom stereocenters. The number of para-hydroxylation sites is 1. The molecule has 0 radical (unpaired) electrons. The summed E-state index contributed by atoms with van der Waals surface area (Å²) in [5.74, 6) is 2.92. The van der Waals surface area contributed by atoms with Crippen LogP contribution in [-0.4, -0.2) is 16.7 Å². The highest BCUT2D eigenvalue weighted by molar-refractivity contribution is 6.16. The smallest absolute Gasteiger partial charge is 0.146 e. The van der Waals surface area contributed by atoms with Crippen LogP contribution in [0.3, 0.4) is 0 Å². The van der Waals surface area contributed by atoms with Crippen molar-refractivity contribution in [3.63, 3.8) is 0 Å². The minimum atomic E-state index is 0.445. The standard InChI is InChI=1S/C15H19ClN2O/c1-10-5-3-6-11(10)18-12-7-4-8-13(19-2)15(12)17-14(18)9-16/h4,7-8,10-11H,3,5-6,9H2,1-2H3. The topological polar surface area (TPSA) is 27.1 Å². The van der Waals surface area contributed by atoms with Crippen molar-refractivity contribution in [3.05, 3.63) is 24.0 Å². The summed E-state index contributed by atoms with van der Waals surface area (Å²) in [6.07, 6.45) is 3.79. The van der Waals surface area contributed by atoms with Gasteiger partial charge in [0.2, 0.25) is 0 Å². The fourth-order valence-corrected chi connectivity index (χ4v) is 3.47. The average molecular weight is 279 g/mol. The molecular formula is C15H19ClN2O. The molecule has 0 saturated heterocycles. The molecular weight excluding hydrogens is 260 g/mol. The van der Waals surface area contributed by atoms with Gasteiger partial charge in [0, 0.05) is 6.04 Å². The molecule has 2 aromatic rings. The number of hydrogen-bond acceptors (Lipinski definition) is 2. The Morgan fingerprint density at radius 1 is 1.42 bits per heavy atom. The van der Waals surface area contributed by atoms with E-state index in [0.717, 1.165) is 22.6 Å². The largest absolute Gasteiger partial charge is 0.494 e. The van der Waals surface area contributed by atoms with E-state index in [2.05, 4.69) is 22.5 Å². The summed E-state index contributed by atoms with van der Waals surface area (Å²) in [5.41, 5.74) is 2.08. The lowest BCUT2D eigenvalue weighted by molar-refractivity contribution is 0.408. The van der Waals surface area contributed by atoms with E-state index in [1.54, 1.807) is 7.11 Å². The molecule has 1 saturated carbocycles. The third-order valence-electron chi connectivity index (χ3n) is 4.24. The van der Waals surface area contributed by atoms with Gasteiger partial charge in [0.05, 0.1) is 18.5 Å². The van der Waals surface area contributed by atoms with Gasteiger partial charge < -0.3 is 9.30 Å². The molecule has 0 aliphatic heterocycles. The third-order valence-corrected chi connectivity index (χ3v) is 4.48. The van der Waals surface area contributed by atoms with Crippen LogP contribution in [0.15, 0.2) is 18.2 Å².